The Kier molecular flexibility index (Phi) is 4.94. The second-order valence-electron chi connectivity index (χ2n) is 5.88. The van der Waals surface area contributed by atoms with Gasteiger partial charge in [-0.15, -0.1) is 11.3 Å². The van der Waals surface area contributed by atoms with Crippen LogP contribution in [0.15, 0.2) is 41.8 Å². The molecule has 23 heavy (non-hydrogen) atoms. The number of benzene rings is 1. The minimum Gasteiger partial charge on any atom is -0.352 e. The number of thiophene rings is 1. The van der Waals surface area contributed by atoms with E-state index in [2.05, 4.69) is 34.2 Å². The minimum atomic E-state index is -0.0149. The molecular formula is C18H19N3S2. The first kappa shape index (κ1) is 16.0. The van der Waals surface area contributed by atoms with Gasteiger partial charge in [0.1, 0.15) is 0 Å². The summed E-state index contributed by atoms with van der Waals surface area (Å²) in [5.74, 6) is 0. The lowest BCUT2D eigenvalue weighted by molar-refractivity contribution is 0.417. The number of nitriles is 1. The highest BCUT2D eigenvalue weighted by Crippen LogP contribution is 2.40. The third kappa shape index (κ3) is 3.72. The zero-order valence-corrected chi connectivity index (χ0v) is 14.5. The van der Waals surface area contributed by atoms with Crippen molar-refractivity contribution in [1.29, 1.82) is 5.26 Å². The van der Waals surface area contributed by atoms with E-state index in [4.69, 9.17) is 17.5 Å². The monoisotopic (exact) mass is 341 g/mol. The molecule has 0 unspecified atom stereocenters. The molecule has 0 radical (unpaired) electrons. The van der Waals surface area contributed by atoms with Crippen molar-refractivity contribution in [3.8, 4) is 6.07 Å². The summed E-state index contributed by atoms with van der Waals surface area (Å²) in [6.07, 6.45) is 5.14. The summed E-state index contributed by atoms with van der Waals surface area (Å²) in [5.41, 5.74) is 1.95. The van der Waals surface area contributed by atoms with Gasteiger partial charge in [-0.2, -0.15) is 5.26 Å². The van der Waals surface area contributed by atoms with Crippen molar-refractivity contribution in [2.45, 2.75) is 37.6 Å². The number of anilines is 1. The Morgan fingerprint density at radius 2 is 1.96 bits per heavy atom. The fourth-order valence-corrected chi connectivity index (χ4v) is 4.39. The van der Waals surface area contributed by atoms with Crippen molar-refractivity contribution >= 4 is 34.4 Å². The predicted octanol–water partition coefficient (Wildman–Crippen LogP) is 4.57. The normalized spacial score (nSPS) is 15.8. The number of hydrogen-bond acceptors (Lipinski definition) is 3. The van der Waals surface area contributed by atoms with Crippen molar-refractivity contribution in [3.05, 3.63) is 52.2 Å². The zero-order chi connectivity index (χ0) is 16.1. The summed E-state index contributed by atoms with van der Waals surface area (Å²) in [6.45, 7) is 0. The van der Waals surface area contributed by atoms with Crippen LogP contribution in [0.4, 0.5) is 5.69 Å². The molecule has 2 N–H and O–H groups in total. The van der Waals surface area contributed by atoms with Crippen LogP contribution < -0.4 is 10.6 Å². The quantitative estimate of drug-likeness (QED) is 0.800. The molecule has 5 heteroatoms. The molecule has 3 rings (SSSR count). The lowest BCUT2D eigenvalue weighted by Gasteiger charge is -2.31. The molecule has 1 aromatic carbocycles. The topological polar surface area (TPSA) is 47.9 Å². The Labute approximate surface area is 146 Å². The van der Waals surface area contributed by atoms with Crippen LogP contribution in [0.2, 0.25) is 0 Å². The Hall–Kier alpha value is -1.90. The van der Waals surface area contributed by atoms with E-state index in [9.17, 15) is 0 Å². The summed E-state index contributed by atoms with van der Waals surface area (Å²) < 4.78 is 0. The summed E-state index contributed by atoms with van der Waals surface area (Å²) in [4.78, 5) is 1.36. The van der Waals surface area contributed by atoms with E-state index >= 15 is 0 Å². The fraction of sp³-hybridized carbons (Fsp3) is 0.333. The third-order valence-corrected chi connectivity index (χ3v) is 5.58. The van der Waals surface area contributed by atoms with Crippen LogP contribution in [-0.2, 0) is 12.0 Å². The van der Waals surface area contributed by atoms with Crippen molar-refractivity contribution < 1.29 is 0 Å². The van der Waals surface area contributed by atoms with E-state index in [1.54, 1.807) is 11.3 Å². The van der Waals surface area contributed by atoms with Crippen molar-refractivity contribution in [3.63, 3.8) is 0 Å². The second kappa shape index (κ2) is 7.12. The maximum Gasteiger partial charge on any atom is 0.171 e. The van der Waals surface area contributed by atoms with Gasteiger partial charge in [0.05, 0.1) is 18.0 Å². The molecule has 1 fully saturated rings. The largest absolute Gasteiger partial charge is 0.352 e. The first-order chi connectivity index (χ1) is 11.2. The third-order valence-electron chi connectivity index (χ3n) is 4.30. The molecule has 118 valence electrons. The Morgan fingerprint density at radius 1 is 1.22 bits per heavy atom. The van der Waals surface area contributed by atoms with Gasteiger partial charge in [-0.3, -0.25) is 0 Å². The average Bonchev–Trinajstić information content (AvgIpc) is 3.21. The summed E-state index contributed by atoms with van der Waals surface area (Å²) in [7, 11) is 0. The zero-order valence-electron chi connectivity index (χ0n) is 12.8. The van der Waals surface area contributed by atoms with E-state index in [0.29, 0.717) is 11.5 Å². The lowest BCUT2D eigenvalue weighted by Crippen LogP contribution is -2.45. The van der Waals surface area contributed by atoms with Gasteiger partial charge in [-0.25, -0.2) is 0 Å². The van der Waals surface area contributed by atoms with Gasteiger partial charge in [0.2, 0.25) is 0 Å². The van der Waals surface area contributed by atoms with Crippen LogP contribution in [0.25, 0.3) is 0 Å². The molecule has 1 saturated carbocycles. The van der Waals surface area contributed by atoms with Gasteiger partial charge in [0.25, 0.3) is 0 Å². The maximum atomic E-state index is 8.72. The lowest BCUT2D eigenvalue weighted by atomic mass is 9.96. The van der Waals surface area contributed by atoms with Gasteiger partial charge in [-0.05, 0) is 54.2 Å². The van der Waals surface area contributed by atoms with Crippen LogP contribution in [0, 0.1) is 11.3 Å². The van der Waals surface area contributed by atoms with E-state index in [-0.39, 0.29) is 5.54 Å². The molecular weight excluding hydrogens is 322 g/mol. The number of hydrogen-bond donors (Lipinski definition) is 2. The highest BCUT2D eigenvalue weighted by molar-refractivity contribution is 7.80. The smallest absolute Gasteiger partial charge is 0.171 e. The predicted molar refractivity (Wildman–Crippen MR) is 99.6 cm³/mol. The van der Waals surface area contributed by atoms with E-state index in [0.717, 1.165) is 24.1 Å². The number of thiocarbonyl (C=S) groups is 1. The molecule has 1 heterocycles. The van der Waals surface area contributed by atoms with Gasteiger partial charge in [0, 0.05) is 10.6 Å². The molecule has 0 amide bonds. The first-order valence-corrected chi connectivity index (χ1v) is 9.10. The molecule has 0 spiro atoms. The second-order valence-corrected chi connectivity index (χ2v) is 7.23. The standard InChI is InChI=1S/C18H19N3S2/c19-12-9-14-5-7-15(8-6-14)20-17(22)21-18(10-1-2-11-18)16-4-3-13-23-16/h3-8,13H,1-2,9-11H2,(H2,20,21,22). The van der Waals surface area contributed by atoms with Gasteiger partial charge in [0.15, 0.2) is 5.11 Å². The Morgan fingerprint density at radius 3 is 2.57 bits per heavy atom. The van der Waals surface area contributed by atoms with Crippen molar-refractivity contribution in [2.24, 2.45) is 0 Å². The minimum absolute atomic E-state index is 0.0149. The molecule has 0 saturated heterocycles. The summed E-state index contributed by atoms with van der Waals surface area (Å²) >= 11 is 7.33. The van der Waals surface area contributed by atoms with Crippen LogP contribution in [0.5, 0.6) is 0 Å². The Bertz CT molecular complexity index is 693. The van der Waals surface area contributed by atoms with Crippen LogP contribution in [0.3, 0.4) is 0 Å². The maximum absolute atomic E-state index is 8.72. The van der Waals surface area contributed by atoms with Crippen molar-refractivity contribution in [1.82, 2.24) is 5.32 Å². The average molecular weight is 342 g/mol. The van der Waals surface area contributed by atoms with E-state index in [1.807, 2.05) is 24.3 Å². The number of nitrogens with one attached hydrogen (secondary N) is 2. The number of rotatable bonds is 4. The van der Waals surface area contributed by atoms with Gasteiger partial charge < -0.3 is 10.6 Å². The molecule has 1 aromatic heterocycles. The molecule has 1 aliphatic carbocycles. The summed E-state index contributed by atoms with van der Waals surface area (Å²) in [6, 6.07) is 14.3. The van der Waals surface area contributed by atoms with Crippen LogP contribution in [0.1, 0.15) is 36.1 Å². The van der Waals surface area contributed by atoms with E-state index < -0.39 is 0 Å². The highest BCUT2D eigenvalue weighted by atomic mass is 32.1. The van der Waals surface area contributed by atoms with Crippen LogP contribution >= 0.6 is 23.6 Å². The van der Waals surface area contributed by atoms with Gasteiger partial charge >= 0.3 is 0 Å². The van der Waals surface area contributed by atoms with E-state index in [1.165, 1.54) is 17.7 Å². The highest BCUT2D eigenvalue weighted by Gasteiger charge is 2.37. The Balaban J connectivity index is 1.67. The SMILES string of the molecule is N#CCc1ccc(NC(=S)NC2(c3cccs3)CCCC2)cc1. The van der Waals surface area contributed by atoms with Crippen molar-refractivity contribution in [2.75, 3.05) is 5.32 Å². The molecule has 0 bridgehead atoms. The molecule has 0 aliphatic heterocycles. The van der Waals surface area contributed by atoms with Gasteiger partial charge in [-0.1, -0.05) is 31.0 Å². The molecule has 3 nitrogen and oxygen atoms in total. The molecule has 1 aliphatic rings. The van der Waals surface area contributed by atoms with Crippen LogP contribution in [-0.4, -0.2) is 5.11 Å². The fourth-order valence-electron chi connectivity index (χ4n) is 3.14. The first-order valence-electron chi connectivity index (χ1n) is 7.81. The summed E-state index contributed by atoms with van der Waals surface area (Å²) in [5, 5.41) is 18.3. The number of nitrogens with zero attached hydrogens (tertiary/aromatic N) is 1. The molecule has 2 aromatic rings. The molecule has 0 atom stereocenters.